The Morgan fingerprint density at radius 3 is 1.96 bits per heavy atom. The standard InChI is InChI=1S/C22H31NO/c24-22(19-11-4-1-5-12-19)17-10-18-23(20-13-6-2-7-14-20)21-15-8-3-9-16-21/h1,4-5,11-12,20-22,24H,2-3,6-9,13-16,18H2. The molecule has 0 amide bonds. The molecule has 1 unspecified atom stereocenters. The molecule has 2 aliphatic rings. The van der Waals surface area contributed by atoms with E-state index >= 15 is 0 Å². The van der Waals surface area contributed by atoms with E-state index in [1.807, 2.05) is 30.3 Å². The third-order valence-corrected chi connectivity index (χ3v) is 5.70. The highest BCUT2D eigenvalue weighted by Gasteiger charge is 2.28. The van der Waals surface area contributed by atoms with Crippen LogP contribution in [0.15, 0.2) is 30.3 Å². The molecule has 2 fully saturated rings. The Kier molecular flexibility index (Phi) is 6.75. The van der Waals surface area contributed by atoms with Crippen molar-refractivity contribution < 1.29 is 5.11 Å². The van der Waals surface area contributed by atoms with Crippen LogP contribution in [0.5, 0.6) is 0 Å². The van der Waals surface area contributed by atoms with Crippen molar-refractivity contribution in [3.8, 4) is 11.8 Å². The Morgan fingerprint density at radius 1 is 0.875 bits per heavy atom. The lowest BCUT2D eigenvalue weighted by molar-refractivity contribution is 0.0959. The summed E-state index contributed by atoms with van der Waals surface area (Å²) >= 11 is 0. The van der Waals surface area contributed by atoms with Gasteiger partial charge >= 0.3 is 0 Å². The number of aliphatic hydroxyl groups excluding tert-OH is 1. The SMILES string of the molecule is OC(C#CCN(C1CCCCC1)C1CCCCC1)c1ccccc1. The van der Waals surface area contributed by atoms with Crippen LogP contribution in [0.2, 0.25) is 0 Å². The summed E-state index contributed by atoms with van der Waals surface area (Å²) in [6.07, 6.45) is 12.9. The van der Waals surface area contributed by atoms with Gasteiger partial charge in [-0.3, -0.25) is 4.90 Å². The maximum atomic E-state index is 10.3. The van der Waals surface area contributed by atoms with Gasteiger partial charge in [-0.05, 0) is 31.2 Å². The van der Waals surface area contributed by atoms with E-state index in [-0.39, 0.29) is 0 Å². The molecular formula is C22H31NO. The first kappa shape index (κ1) is 17.5. The molecule has 0 saturated heterocycles. The van der Waals surface area contributed by atoms with Gasteiger partial charge in [-0.2, -0.15) is 0 Å². The summed E-state index contributed by atoms with van der Waals surface area (Å²) in [6.45, 7) is 0.819. The zero-order valence-electron chi connectivity index (χ0n) is 14.8. The van der Waals surface area contributed by atoms with Crippen LogP contribution in [0, 0.1) is 11.8 Å². The fourth-order valence-electron chi connectivity index (χ4n) is 4.33. The second kappa shape index (κ2) is 9.25. The van der Waals surface area contributed by atoms with Gasteiger partial charge in [-0.15, -0.1) is 0 Å². The number of rotatable bonds is 4. The minimum absolute atomic E-state index is 0.661. The lowest BCUT2D eigenvalue weighted by atomic mass is 9.88. The lowest BCUT2D eigenvalue weighted by Crippen LogP contribution is -2.45. The molecule has 2 heteroatoms. The zero-order chi connectivity index (χ0) is 16.6. The molecule has 3 rings (SSSR count). The molecule has 2 aliphatic carbocycles. The van der Waals surface area contributed by atoms with Crippen molar-refractivity contribution in [2.45, 2.75) is 82.4 Å². The van der Waals surface area contributed by atoms with Gasteiger partial charge in [0.15, 0.2) is 0 Å². The predicted molar refractivity (Wildman–Crippen MR) is 99.6 cm³/mol. The zero-order valence-corrected chi connectivity index (χ0v) is 14.8. The molecule has 1 aromatic rings. The van der Waals surface area contributed by atoms with Crippen molar-refractivity contribution in [2.75, 3.05) is 6.54 Å². The molecule has 130 valence electrons. The molecule has 1 atom stereocenters. The highest BCUT2D eigenvalue weighted by Crippen LogP contribution is 2.29. The normalized spacial score (nSPS) is 21.2. The summed E-state index contributed by atoms with van der Waals surface area (Å²) in [5.74, 6) is 6.38. The fraction of sp³-hybridized carbons (Fsp3) is 0.636. The van der Waals surface area contributed by atoms with Gasteiger partial charge in [-0.25, -0.2) is 0 Å². The first-order valence-electron chi connectivity index (χ1n) is 9.82. The summed E-state index contributed by atoms with van der Waals surface area (Å²) in [7, 11) is 0. The third kappa shape index (κ3) is 4.85. The summed E-state index contributed by atoms with van der Waals surface area (Å²) < 4.78 is 0. The number of aliphatic hydroxyl groups is 1. The van der Waals surface area contributed by atoms with Crippen LogP contribution >= 0.6 is 0 Å². The summed E-state index contributed by atoms with van der Waals surface area (Å²) in [4.78, 5) is 2.68. The topological polar surface area (TPSA) is 23.5 Å². The van der Waals surface area contributed by atoms with Crippen LogP contribution in [0.1, 0.15) is 75.9 Å². The quantitative estimate of drug-likeness (QED) is 0.812. The minimum atomic E-state index is -0.661. The van der Waals surface area contributed by atoms with Crippen LogP contribution in [0.3, 0.4) is 0 Å². The van der Waals surface area contributed by atoms with Crippen LogP contribution in [-0.2, 0) is 0 Å². The average Bonchev–Trinajstić information content (AvgIpc) is 2.67. The number of hydrogen-bond acceptors (Lipinski definition) is 2. The van der Waals surface area contributed by atoms with Crippen LogP contribution in [0.25, 0.3) is 0 Å². The van der Waals surface area contributed by atoms with Gasteiger partial charge in [0.2, 0.25) is 0 Å². The van der Waals surface area contributed by atoms with Crippen LogP contribution in [-0.4, -0.2) is 28.6 Å². The molecule has 1 N–H and O–H groups in total. The molecule has 0 aliphatic heterocycles. The fourth-order valence-corrected chi connectivity index (χ4v) is 4.33. The summed E-state index contributed by atoms with van der Waals surface area (Å²) in [6, 6.07) is 11.2. The van der Waals surface area contributed by atoms with Gasteiger partial charge in [0.05, 0.1) is 6.54 Å². The van der Waals surface area contributed by atoms with E-state index in [9.17, 15) is 5.11 Å². The van der Waals surface area contributed by atoms with Gasteiger partial charge in [0, 0.05) is 12.1 Å². The minimum Gasteiger partial charge on any atom is -0.376 e. The Labute approximate surface area is 147 Å². The van der Waals surface area contributed by atoms with E-state index in [0.717, 1.165) is 12.1 Å². The third-order valence-electron chi connectivity index (χ3n) is 5.70. The molecule has 0 bridgehead atoms. The highest BCUT2D eigenvalue weighted by molar-refractivity contribution is 5.25. The van der Waals surface area contributed by atoms with E-state index in [1.54, 1.807) is 0 Å². The van der Waals surface area contributed by atoms with Crippen molar-refractivity contribution in [3.05, 3.63) is 35.9 Å². The predicted octanol–water partition coefficient (Wildman–Crippen LogP) is 4.69. The van der Waals surface area contributed by atoms with Gasteiger partial charge in [0.1, 0.15) is 6.10 Å². The lowest BCUT2D eigenvalue weighted by Gasteiger charge is -2.40. The van der Waals surface area contributed by atoms with E-state index in [4.69, 9.17) is 0 Å². The van der Waals surface area contributed by atoms with Crippen molar-refractivity contribution >= 4 is 0 Å². The van der Waals surface area contributed by atoms with Crippen LogP contribution < -0.4 is 0 Å². The van der Waals surface area contributed by atoms with E-state index in [1.165, 1.54) is 64.2 Å². The van der Waals surface area contributed by atoms with Gasteiger partial charge in [0.25, 0.3) is 0 Å². The Bertz CT molecular complexity index is 514. The summed E-state index contributed by atoms with van der Waals surface area (Å²) in [5, 5.41) is 10.3. The van der Waals surface area contributed by atoms with Crippen molar-refractivity contribution in [3.63, 3.8) is 0 Å². The molecule has 0 heterocycles. The van der Waals surface area contributed by atoms with Gasteiger partial charge in [-0.1, -0.05) is 80.7 Å². The molecule has 2 saturated carbocycles. The Hall–Kier alpha value is -1.30. The Morgan fingerprint density at radius 2 is 1.42 bits per heavy atom. The van der Waals surface area contributed by atoms with E-state index < -0.39 is 6.10 Å². The Balaban J connectivity index is 1.64. The highest BCUT2D eigenvalue weighted by atomic mass is 16.3. The molecule has 0 aromatic heterocycles. The molecule has 0 spiro atoms. The molecule has 2 nitrogen and oxygen atoms in total. The van der Waals surface area contributed by atoms with E-state index in [2.05, 4.69) is 16.7 Å². The first-order chi connectivity index (χ1) is 11.8. The van der Waals surface area contributed by atoms with Crippen molar-refractivity contribution in [2.24, 2.45) is 0 Å². The number of nitrogens with zero attached hydrogens (tertiary/aromatic N) is 1. The average molecular weight is 325 g/mol. The smallest absolute Gasteiger partial charge is 0.140 e. The van der Waals surface area contributed by atoms with Crippen LogP contribution in [0.4, 0.5) is 0 Å². The maximum absolute atomic E-state index is 10.3. The second-order valence-electron chi connectivity index (χ2n) is 7.39. The molecule has 0 radical (unpaired) electrons. The largest absolute Gasteiger partial charge is 0.376 e. The van der Waals surface area contributed by atoms with Gasteiger partial charge < -0.3 is 5.11 Å². The molecule has 24 heavy (non-hydrogen) atoms. The maximum Gasteiger partial charge on any atom is 0.140 e. The monoisotopic (exact) mass is 325 g/mol. The number of hydrogen-bond donors (Lipinski definition) is 1. The van der Waals surface area contributed by atoms with Crippen molar-refractivity contribution in [1.82, 2.24) is 4.90 Å². The summed E-state index contributed by atoms with van der Waals surface area (Å²) in [5.41, 5.74) is 0.895. The molecule has 1 aromatic carbocycles. The second-order valence-corrected chi connectivity index (χ2v) is 7.39. The molecular weight excluding hydrogens is 294 g/mol. The van der Waals surface area contributed by atoms with E-state index in [0.29, 0.717) is 12.1 Å². The van der Waals surface area contributed by atoms with Crippen molar-refractivity contribution in [1.29, 1.82) is 0 Å². The first-order valence-corrected chi connectivity index (χ1v) is 9.82. The number of benzene rings is 1.